The van der Waals surface area contributed by atoms with E-state index in [2.05, 4.69) is 15.2 Å². The Morgan fingerprint density at radius 1 is 1.23 bits per heavy atom. The lowest BCUT2D eigenvalue weighted by molar-refractivity contribution is -0.385. The number of hydrogen-bond acceptors (Lipinski definition) is 8. The summed E-state index contributed by atoms with van der Waals surface area (Å²) in [6, 6.07) is 10.9. The Morgan fingerprint density at radius 3 is 2.55 bits per heavy atom. The summed E-state index contributed by atoms with van der Waals surface area (Å²) in [5.41, 5.74) is 1.99. The lowest BCUT2D eigenvalue weighted by Crippen LogP contribution is -2.18. The molecule has 0 radical (unpaired) electrons. The third-order valence-corrected chi connectivity index (χ3v) is 6.81. The minimum Gasteiger partial charge on any atom is -0.502 e. The minimum atomic E-state index is -3.70. The summed E-state index contributed by atoms with van der Waals surface area (Å²) in [5.74, 6) is -1.27. The Kier molecular flexibility index (Phi) is 6.53. The van der Waals surface area contributed by atoms with Crippen LogP contribution in [0.15, 0.2) is 63.2 Å². The smallest absolute Gasteiger partial charge is 0.312 e. The first-order valence-corrected chi connectivity index (χ1v) is 11.1. The molecule has 0 saturated carbocycles. The van der Waals surface area contributed by atoms with E-state index >= 15 is 0 Å². The zero-order chi connectivity index (χ0) is 22.6. The maximum atomic E-state index is 12.2. The van der Waals surface area contributed by atoms with Crippen LogP contribution in [0.5, 0.6) is 5.75 Å². The van der Waals surface area contributed by atoms with Gasteiger partial charge in [0.05, 0.1) is 11.1 Å². The van der Waals surface area contributed by atoms with Crippen molar-refractivity contribution in [1.29, 1.82) is 0 Å². The molecule has 0 aliphatic carbocycles. The fourth-order valence-electron chi connectivity index (χ4n) is 2.38. The number of carbonyl (C=O) groups is 1. The Labute approximate surface area is 185 Å². The number of anilines is 1. The number of phenols is 1. The molecule has 1 heterocycles. The number of hydrogen-bond donors (Lipinski definition) is 3. The molecule has 2 aromatic carbocycles. The topological polar surface area (TPSA) is 151 Å². The first kappa shape index (κ1) is 22.2. The van der Waals surface area contributed by atoms with Crippen LogP contribution in [0.4, 0.5) is 11.4 Å². The summed E-state index contributed by atoms with van der Waals surface area (Å²) in [4.78, 5) is 22.3. The van der Waals surface area contributed by atoms with Crippen LogP contribution in [0.2, 0.25) is 5.02 Å². The predicted molar refractivity (Wildman–Crippen MR) is 116 cm³/mol. The Bertz CT molecular complexity index is 1260. The normalized spacial score (nSPS) is 11.4. The number of aromatic hydroxyl groups is 1. The van der Waals surface area contributed by atoms with Gasteiger partial charge in [0.15, 0.2) is 0 Å². The van der Waals surface area contributed by atoms with Crippen LogP contribution in [-0.2, 0) is 10.0 Å². The van der Waals surface area contributed by atoms with E-state index < -0.39 is 32.3 Å². The number of carbonyl (C=O) groups excluding carboxylic acids is 1. The van der Waals surface area contributed by atoms with Crippen molar-refractivity contribution in [2.45, 2.75) is 4.21 Å². The largest absolute Gasteiger partial charge is 0.502 e. The molecular formula is C18H13ClN4O6S2. The molecule has 0 aliphatic rings. The summed E-state index contributed by atoms with van der Waals surface area (Å²) in [7, 11) is -3.70. The number of thiophene rings is 1. The molecule has 10 nitrogen and oxygen atoms in total. The molecular weight excluding hydrogens is 468 g/mol. The number of nitro groups is 1. The van der Waals surface area contributed by atoms with Gasteiger partial charge in [0.1, 0.15) is 4.21 Å². The van der Waals surface area contributed by atoms with Gasteiger partial charge in [0.2, 0.25) is 5.75 Å². The third-order valence-electron chi connectivity index (χ3n) is 3.81. The van der Waals surface area contributed by atoms with E-state index in [0.717, 1.165) is 23.6 Å². The lowest BCUT2D eigenvalue weighted by Gasteiger charge is -2.07. The highest BCUT2D eigenvalue weighted by Gasteiger charge is 2.18. The van der Waals surface area contributed by atoms with Crippen molar-refractivity contribution in [2.24, 2.45) is 5.10 Å². The molecule has 0 bridgehead atoms. The Balaban J connectivity index is 1.67. The van der Waals surface area contributed by atoms with Gasteiger partial charge in [0.25, 0.3) is 15.9 Å². The number of benzene rings is 2. The highest BCUT2D eigenvalue weighted by Crippen LogP contribution is 2.32. The molecule has 31 heavy (non-hydrogen) atoms. The number of phenolic OH excluding ortho intramolecular Hbond substituents is 1. The van der Waals surface area contributed by atoms with Gasteiger partial charge in [-0.3, -0.25) is 19.6 Å². The molecule has 3 rings (SSSR count). The highest BCUT2D eigenvalue weighted by molar-refractivity contribution is 7.94. The molecule has 160 valence electrons. The zero-order valence-electron chi connectivity index (χ0n) is 15.4. The van der Waals surface area contributed by atoms with Gasteiger partial charge >= 0.3 is 5.69 Å². The molecule has 3 N–H and O–H groups in total. The SMILES string of the molecule is O=C(NN=Cc1cc(Cl)cc([N+](=O)[O-])c1O)c1ccc(NS(=O)(=O)c2cccs2)cc1. The number of rotatable bonds is 7. The van der Waals surface area contributed by atoms with E-state index in [4.69, 9.17) is 11.6 Å². The predicted octanol–water partition coefficient (Wildman–Crippen LogP) is 3.58. The molecule has 0 atom stereocenters. The van der Waals surface area contributed by atoms with Crippen LogP contribution in [0.25, 0.3) is 0 Å². The maximum Gasteiger partial charge on any atom is 0.312 e. The summed E-state index contributed by atoms with van der Waals surface area (Å²) < 4.78 is 27.0. The van der Waals surface area contributed by atoms with Crippen molar-refractivity contribution < 1.29 is 23.2 Å². The molecule has 0 unspecified atom stereocenters. The lowest BCUT2D eigenvalue weighted by atomic mass is 10.2. The average molecular weight is 481 g/mol. The molecule has 0 saturated heterocycles. The van der Waals surface area contributed by atoms with Crippen molar-refractivity contribution in [3.8, 4) is 5.75 Å². The summed E-state index contributed by atoms with van der Waals surface area (Å²) in [5, 5.41) is 26.1. The first-order valence-electron chi connectivity index (χ1n) is 8.34. The van der Waals surface area contributed by atoms with Crippen LogP contribution < -0.4 is 10.1 Å². The summed E-state index contributed by atoms with van der Waals surface area (Å²) in [6.45, 7) is 0. The van der Waals surface area contributed by atoms with Gasteiger partial charge in [-0.05, 0) is 41.8 Å². The summed E-state index contributed by atoms with van der Waals surface area (Å²) in [6.07, 6.45) is 1.01. The molecule has 1 aromatic heterocycles. The highest BCUT2D eigenvalue weighted by atomic mass is 35.5. The van der Waals surface area contributed by atoms with Gasteiger partial charge in [0, 0.05) is 27.9 Å². The number of hydrazone groups is 1. The van der Waals surface area contributed by atoms with E-state index in [-0.39, 0.29) is 26.0 Å². The second kappa shape index (κ2) is 9.12. The molecule has 1 amide bonds. The van der Waals surface area contributed by atoms with Gasteiger partial charge < -0.3 is 5.11 Å². The van der Waals surface area contributed by atoms with Crippen molar-refractivity contribution in [1.82, 2.24) is 5.43 Å². The monoisotopic (exact) mass is 480 g/mol. The van der Waals surface area contributed by atoms with Gasteiger partial charge in [-0.25, -0.2) is 13.8 Å². The number of nitro benzene ring substituents is 1. The van der Waals surface area contributed by atoms with Gasteiger partial charge in [-0.2, -0.15) is 5.10 Å². The van der Waals surface area contributed by atoms with E-state index in [0.29, 0.717) is 0 Å². The minimum absolute atomic E-state index is 0.0119. The van der Waals surface area contributed by atoms with E-state index in [1.165, 1.54) is 36.4 Å². The second-order valence-electron chi connectivity index (χ2n) is 5.93. The summed E-state index contributed by atoms with van der Waals surface area (Å²) >= 11 is 6.86. The van der Waals surface area contributed by atoms with Crippen molar-refractivity contribution >= 4 is 56.5 Å². The number of halogens is 1. The van der Waals surface area contributed by atoms with Crippen molar-refractivity contribution in [2.75, 3.05) is 4.72 Å². The quantitative estimate of drug-likeness (QED) is 0.267. The fourth-order valence-corrected chi connectivity index (χ4v) is 4.65. The van der Waals surface area contributed by atoms with E-state index in [1.807, 2.05) is 0 Å². The van der Waals surface area contributed by atoms with Crippen LogP contribution in [0.3, 0.4) is 0 Å². The number of sulfonamides is 1. The molecule has 0 aliphatic heterocycles. The van der Waals surface area contributed by atoms with Crippen LogP contribution >= 0.6 is 22.9 Å². The van der Waals surface area contributed by atoms with E-state index in [1.54, 1.807) is 11.4 Å². The number of nitrogens with one attached hydrogen (secondary N) is 2. The third kappa shape index (κ3) is 5.36. The van der Waals surface area contributed by atoms with Crippen LogP contribution in [0, 0.1) is 10.1 Å². The van der Waals surface area contributed by atoms with Crippen LogP contribution in [0.1, 0.15) is 15.9 Å². The second-order valence-corrected chi connectivity index (χ2v) is 9.23. The zero-order valence-corrected chi connectivity index (χ0v) is 17.7. The van der Waals surface area contributed by atoms with Crippen molar-refractivity contribution in [3.05, 3.63) is 80.2 Å². The van der Waals surface area contributed by atoms with Crippen LogP contribution in [-0.4, -0.2) is 30.6 Å². The first-order chi connectivity index (χ1) is 14.7. The fraction of sp³-hybridized carbons (Fsp3) is 0. The standard InChI is InChI=1S/C18H13ClN4O6S2/c19-13-8-12(17(24)15(9-13)23(26)27)10-20-21-18(25)11-3-5-14(6-4-11)22-31(28,29)16-2-1-7-30-16/h1-10,22,24H,(H,21,25). The van der Waals surface area contributed by atoms with Crippen molar-refractivity contribution in [3.63, 3.8) is 0 Å². The molecule has 0 fully saturated rings. The Morgan fingerprint density at radius 2 is 1.94 bits per heavy atom. The van der Waals surface area contributed by atoms with E-state index in [9.17, 15) is 28.4 Å². The van der Waals surface area contributed by atoms with Gasteiger partial charge in [-0.15, -0.1) is 11.3 Å². The molecule has 3 aromatic rings. The number of amides is 1. The maximum absolute atomic E-state index is 12.2. The average Bonchev–Trinajstić information content (AvgIpc) is 3.26. The molecule has 0 spiro atoms. The number of nitrogens with zero attached hydrogens (tertiary/aromatic N) is 2. The van der Waals surface area contributed by atoms with Gasteiger partial charge in [-0.1, -0.05) is 17.7 Å². The molecule has 13 heteroatoms. The Hall–Kier alpha value is -3.48.